The van der Waals surface area contributed by atoms with E-state index in [1.165, 1.54) is 30.0 Å². The fourth-order valence-corrected chi connectivity index (χ4v) is 3.28. The molecule has 0 aliphatic heterocycles. The summed E-state index contributed by atoms with van der Waals surface area (Å²) in [6.07, 6.45) is 3.09. The number of carbonyl (C=O) groups excluding carboxylic acids is 1. The molecule has 3 rings (SSSR count). The van der Waals surface area contributed by atoms with Gasteiger partial charge in [0.25, 0.3) is 11.6 Å². The maximum Gasteiger partial charge on any atom is 0.270 e. The van der Waals surface area contributed by atoms with E-state index in [-0.39, 0.29) is 22.2 Å². The first kappa shape index (κ1) is 19.3. The van der Waals surface area contributed by atoms with Gasteiger partial charge in [-0.3, -0.25) is 20.2 Å². The highest BCUT2D eigenvalue weighted by atomic mass is 32.2. The third kappa shape index (κ3) is 4.43. The van der Waals surface area contributed by atoms with Gasteiger partial charge in [0.1, 0.15) is 23.2 Å². The second-order valence-corrected chi connectivity index (χ2v) is 6.74. The molecule has 11 heteroatoms. The molecule has 0 saturated carbocycles. The molecule has 0 bridgehead atoms. The van der Waals surface area contributed by atoms with Crippen LogP contribution >= 0.6 is 23.3 Å². The Bertz CT molecular complexity index is 1110. The Kier molecular flexibility index (Phi) is 5.83. The number of benzene rings is 1. The standard InChI is InChI=1S/C17H11N5O4S2/c1-27-17-20-16(28-21-17)19-15(23)11(9-18)8-13-5-6-14(26-13)10-3-2-4-12(7-10)22(24)25/h2-8H,1H3,(H,19,20,21,23). The zero-order valence-electron chi connectivity index (χ0n) is 14.3. The van der Waals surface area contributed by atoms with Crippen LogP contribution in [0.2, 0.25) is 0 Å². The van der Waals surface area contributed by atoms with Crippen molar-refractivity contribution in [1.29, 1.82) is 5.26 Å². The average Bonchev–Trinajstić information content (AvgIpc) is 3.35. The Labute approximate surface area is 167 Å². The topological polar surface area (TPSA) is 135 Å². The van der Waals surface area contributed by atoms with Crippen LogP contribution in [0, 0.1) is 21.4 Å². The lowest BCUT2D eigenvalue weighted by Crippen LogP contribution is -2.13. The summed E-state index contributed by atoms with van der Waals surface area (Å²) in [4.78, 5) is 26.7. The Hall–Kier alpha value is -3.49. The predicted octanol–water partition coefficient (Wildman–Crippen LogP) is 3.97. The minimum atomic E-state index is -0.639. The largest absolute Gasteiger partial charge is 0.457 e. The lowest BCUT2D eigenvalue weighted by atomic mass is 10.1. The van der Waals surface area contributed by atoms with Gasteiger partial charge in [0, 0.05) is 35.3 Å². The number of non-ortho nitro benzene ring substituents is 1. The number of nitro groups is 1. The number of amides is 1. The smallest absolute Gasteiger partial charge is 0.270 e. The summed E-state index contributed by atoms with van der Waals surface area (Å²) >= 11 is 2.35. The lowest BCUT2D eigenvalue weighted by molar-refractivity contribution is -0.384. The van der Waals surface area contributed by atoms with Crippen molar-refractivity contribution in [3.8, 4) is 17.4 Å². The molecule has 0 saturated heterocycles. The van der Waals surface area contributed by atoms with Crippen molar-refractivity contribution in [1.82, 2.24) is 9.36 Å². The predicted molar refractivity (Wildman–Crippen MR) is 105 cm³/mol. The molecule has 3 aromatic rings. The van der Waals surface area contributed by atoms with E-state index in [9.17, 15) is 20.2 Å². The van der Waals surface area contributed by atoms with E-state index < -0.39 is 10.8 Å². The van der Waals surface area contributed by atoms with Crippen molar-refractivity contribution in [2.75, 3.05) is 11.6 Å². The molecule has 0 aliphatic rings. The molecular formula is C17H11N5O4S2. The Morgan fingerprint density at radius 1 is 1.43 bits per heavy atom. The maximum absolute atomic E-state index is 12.3. The van der Waals surface area contributed by atoms with Crippen LogP contribution in [0.4, 0.5) is 10.8 Å². The molecule has 0 aliphatic carbocycles. The number of hydrogen-bond donors (Lipinski definition) is 1. The van der Waals surface area contributed by atoms with Crippen molar-refractivity contribution in [2.45, 2.75) is 5.16 Å². The molecule has 0 fully saturated rings. The molecule has 140 valence electrons. The minimum absolute atomic E-state index is 0.0650. The molecule has 9 nitrogen and oxygen atoms in total. The van der Waals surface area contributed by atoms with Crippen LogP contribution in [0.3, 0.4) is 0 Å². The molecular weight excluding hydrogens is 402 g/mol. The van der Waals surface area contributed by atoms with E-state index in [0.717, 1.165) is 11.5 Å². The highest BCUT2D eigenvalue weighted by molar-refractivity contribution is 7.98. The number of hydrogen-bond acceptors (Lipinski definition) is 9. The van der Waals surface area contributed by atoms with Crippen LogP contribution in [0.25, 0.3) is 17.4 Å². The number of nitro benzene ring substituents is 1. The molecule has 1 aromatic carbocycles. The summed E-state index contributed by atoms with van der Waals surface area (Å²) in [5, 5.41) is 23.5. The number of rotatable bonds is 6. The van der Waals surface area contributed by atoms with E-state index in [1.54, 1.807) is 24.3 Å². The van der Waals surface area contributed by atoms with Crippen LogP contribution in [0.5, 0.6) is 0 Å². The van der Waals surface area contributed by atoms with Gasteiger partial charge in [0.2, 0.25) is 10.3 Å². The van der Waals surface area contributed by atoms with Crippen molar-refractivity contribution in [3.05, 3.63) is 57.8 Å². The maximum atomic E-state index is 12.3. The quantitative estimate of drug-likeness (QED) is 0.211. The third-order valence-electron chi connectivity index (χ3n) is 3.43. The normalized spacial score (nSPS) is 11.1. The Morgan fingerprint density at radius 2 is 2.25 bits per heavy atom. The number of nitrogens with zero attached hydrogens (tertiary/aromatic N) is 4. The summed E-state index contributed by atoms with van der Waals surface area (Å²) in [5.41, 5.74) is 0.265. The first-order valence-electron chi connectivity index (χ1n) is 7.65. The molecule has 28 heavy (non-hydrogen) atoms. The summed E-state index contributed by atoms with van der Waals surface area (Å²) in [6.45, 7) is 0. The van der Waals surface area contributed by atoms with Crippen LogP contribution < -0.4 is 5.32 Å². The summed E-state index contributed by atoms with van der Waals surface area (Å²) in [7, 11) is 0. The summed E-state index contributed by atoms with van der Waals surface area (Å²) in [5.74, 6) is -0.00346. The molecule has 1 amide bonds. The van der Waals surface area contributed by atoms with E-state index in [0.29, 0.717) is 16.5 Å². The van der Waals surface area contributed by atoms with Crippen LogP contribution in [-0.2, 0) is 4.79 Å². The number of carbonyl (C=O) groups is 1. The van der Waals surface area contributed by atoms with Crippen molar-refractivity contribution in [2.24, 2.45) is 0 Å². The highest BCUT2D eigenvalue weighted by Crippen LogP contribution is 2.26. The van der Waals surface area contributed by atoms with Gasteiger partial charge in [0.15, 0.2) is 0 Å². The van der Waals surface area contributed by atoms with Gasteiger partial charge in [-0.2, -0.15) is 14.6 Å². The number of nitrogens with one attached hydrogen (secondary N) is 1. The Morgan fingerprint density at radius 3 is 2.93 bits per heavy atom. The number of anilines is 1. The number of aromatic nitrogens is 2. The number of thioether (sulfide) groups is 1. The van der Waals surface area contributed by atoms with E-state index in [2.05, 4.69) is 14.7 Å². The lowest BCUT2D eigenvalue weighted by Gasteiger charge is -1.99. The molecule has 2 heterocycles. The molecule has 0 atom stereocenters. The van der Waals surface area contributed by atoms with Gasteiger partial charge in [0.05, 0.1) is 4.92 Å². The summed E-state index contributed by atoms with van der Waals surface area (Å²) in [6, 6.07) is 10.9. The minimum Gasteiger partial charge on any atom is -0.457 e. The second-order valence-electron chi connectivity index (χ2n) is 5.22. The molecule has 0 radical (unpaired) electrons. The van der Waals surface area contributed by atoms with Crippen LogP contribution in [0.1, 0.15) is 5.76 Å². The molecule has 0 spiro atoms. The van der Waals surface area contributed by atoms with Gasteiger partial charge in [-0.1, -0.05) is 23.9 Å². The molecule has 1 N–H and O–H groups in total. The number of furan rings is 1. The summed E-state index contributed by atoms with van der Waals surface area (Å²) < 4.78 is 9.62. The monoisotopic (exact) mass is 413 g/mol. The highest BCUT2D eigenvalue weighted by Gasteiger charge is 2.14. The SMILES string of the molecule is CSc1nsc(NC(=O)C(C#N)=Cc2ccc(-c3cccc([N+](=O)[O-])c3)o2)n1. The van der Waals surface area contributed by atoms with Gasteiger partial charge in [-0.25, -0.2) is 0 Å². The third-order valence-corrected chi connectivity index (χ3v) is 4.72. The zero-order chi connectivity index (χ0) is 20.1. The average molecular weight is 413 g/mol. The van der Waals surface area contributed by atoms with E-state index >= 15 is 0 Å². The molecule has 2 aromatic heterocycles. The Balaban J connectivity index is 1.80. The van der Waals surface area contributed by atoms with Crippen LogP contribution in [-0.4, -0.2) is 26.4 Å². The first-order valence-corrected chi connectivity index (χ1v) is 9.65. The van der Waals surface area contributed by atoms with E-state index in [4.69, 9.17) is 4.42 Å². The van der Waals surface area contributed by atoms with Crippen LogP contribution in [0.15, 0.2) is 51.5 Å². The fourth-order valence-electron chi connectivity index (χ4n) is 2.16. The van der Waals surface area contributed by atoms with Gasteiger partial charge in [-0.15, -0.1) is 0 Å². The van der Waals surface area contributed by atoms with Gasteiger partial charge >= 0.3 is 0 Å². The van der Waals surface area contributed by atoms with E-state index in [1.807, 2.05) is 12.3 Å². The molecule has 0 unspecified atom stereocenters. The number of nitriles is 1. The first-order chi connectivity index (χ1) is 13.5. The van der Waals surface area contributed by atoms with Gasteiger partial charge in [-0.05, 0) is 18.4 Å². The fraction of sp³-hybridized carbons (Fsp3) is 0.0588. The van der Waals surface area contributed by atoms with Crippen molar-refractivity contribution < 1.29 is 14.1 Å². The van der Waals surface area contributed by atoms with Crippen molar-refractivity contribution in [3.63, 3.8) is 0 Å². The van der Waals surface area contributed by atoms with Gasteiger partial charge < -0.3 is 4.42 Å². The second kappa shape index (κ2) is 8.47. The zero-order valence-corrected chi connectivity index (χ0v) is 15.9. The van der Waals surface area contributed by atoms with Crippen molar-refractivity contribution >= 4 is 46.1 Å².